The molecule has 0 aliphatic heterocycles. The number of ether oxygens (including phenoxy) is 1. The van der Waals surface area contributed by atoms with Crippen molar-refractivity contribution >= 4 is 15.9 Å². The Balaban J connectivity index is 0.000000155. The van der Waals surface area contributed by atoms with E-state index in [9.17, 15) is 5.11 Å². The molecular formula is C48H41BrN4O2. The predicted molar refractivity (Wildman–Crippen MR) is 227 cm³/mol. The third-order valence-corrected chi connectivity index (χ3v) is 9.33. The predicted octanol–water partition coefficient (Wildman–Crippen LogP) is 12.8. The van der Waals surface area contributed by atoms with Gasteiger partial charge in [-0.3, -0.25) is 19.9 Å². The van der Waals surface area contributed by atoms with Gasteiger partial charge in [0.05, 0.1) is 22.8 Å². The Morgan fingerprint density at radius 2 is 0.891 bits per heavy atom. The number of phenols is 1. The summed E-state index contributed by atoms with van der Waals surface area (Å²) in [7, 11) is 0. The first kappa shape index (κ1) is 38.3. The number of phenolic OH excluding ortho intramolecular Hbond substituents is 1. The summed E-state index contributed by atoms with van der Waals surface area (Å²) in [4.78, 5) is 17.4. The molecule has 0 atom stereocenters. The molecular weight excluding hydrogens is 744 g/mol. The van der Waals surface area contributed by atoms with Gasteiger partial charge in [0.25, 0.3) is 0 Å². The lowest BCUT2D eigenvalue weighted by Gasteiger charge is -2.13. The summed E-state index contributed by atoms with van der Waals surface area (Å²) in [5.41, 5.74) is 12.4. The fraction of sp³-hybridized carbons (Fsp3) is 0.0833. The summed E-state index contributed by atoms with van der Waals surface area (Å²) < 4.78 is 7.32. The number of aryl methyl sites for hydroxylation is 4. The number of pyridine rings is 4. The molecule has 8 aromatic rings. The maximum absolute atomic E-state index is 9.53. The molecule has 4 aromatic carbocycles. The average molecular weight is 786 g/mol. The molecule has 7 heteroatoms. The van der Waals surface area contributed by atoms with Crippen molar-refractivity contribution in [3.63, 3.8) is 0 Å². The Morgan fingerprint density at radius 3 is 1.40 bits per heavy atom. The summed E-state index contributed by atoms with van der Waals surface area (Å²) in [6, 6.07) is 47.6. The van der Waals surface area contributed by atoms with Crippen LogP contribution in [0.1, 0.15) is 22.3 Å². The van der Waals surface area contributed by atoms with Crippen LogP contribution in [-0.4, -0.2) is 25.0 Å². The van der Waals surface area contributed by atoms with Crippen molar-refractivity contribution < 1.29 is 9.84 Å². The van der Waals surface area contributed by atoms with Crippen molar-refractivity contribution in [1.82, 2.24) is 19.9 Å². The van der Waals surface area contributed by atoms with Crippen LogP contribution in [-0.2, 0) is 0 Å². The molecule has 0 aliphatic carbocycles. The van der Waals surface area contributed by atoms with Gasteiger partial charge in [0.2, 0.25) is 0 Å². The van der Waals surface area contributed by atoms with E-state index in [1.165, 1.54) is 16.7 Å². The van der Waals surface area contributed by atoms with Crippen LogP contribution >= 0.6 is 15.9 Å². The highest BCUT2D eigenvalue weighted by molar-refractivity contribution is 9.10. The molecule has 0 fully saturated rings. The van der Waals surface area contributed by atoms with Crippen LogP contribution < -0.4 is 4.74 Å². The van der Waals surface area contributed by atoms with Gasteiger partial charge in [-0.1, -0.05) is 76.6 Å². The van der Waals surface area contributed by atoms with Gasteiger partial charge in [-0.05, 0) is 135 Å². The standard InChI is InChI=1S/C24H20N2O.C12H10BrN.C12H11NO/c1-17-10-12-20(16-21(17)23-8-4-6-14-26-23)27-24-15-19(11-9-18(24)2)22-7-3-5-13-25-22;1-9-5-6-10(13)8-11(9)12-4-2-3-7-14-12;1-9-5-6-10(8-12(9)14)11-4-2-3-7-13-11/h3-16H,1-2H3;2-8H,1H3;2-8,14H,1H3. The number of halogens is 1. The van der Waals surface area contributed by atoms with E-state index in [1.54, 1.807) is 18.5 Å². The van der Waals surface area contributed by atoms with E-state index < -0.39 is 0 Å². The SMILES string of the molecule is Cc1ccc(-c2ccccn2)cc1O.Cc1ccc(-c2ccccn2)cc1Oc1ccc(C)c(-c2ccccn2)c1.Cc1ccc(Br)cc1-c1ccccn1. The molecule has 8 rings (SSSR count). The van der Waals surface area contributed by atoms with Crippen molar-refractivity contribution in [1.29, 1.82) is 0 Å². The van der Waals surface area contributed by atoms with Crippen LogP contribution in [0.25, 0.3) is 45.0 Å². The average Bonchev–Trinajstić information content (AvgIpc) is 3.23. The fourth-order valence-corrected chi connectivity index (χ4v) is 6.05. The number of benzene rings is 4. The smallest absolute Gasteiger partial charge is 0.131 e. The van der Waals surface area contributed by atoms with Crippen molar-refractivity contribution in [2.45, 2.75) is 27.7 Å². The number of aromatic hydroxyl groups is 1. The topological polar surface area (TPSA) is 81.0 Å². The Morgan fingerprint density at radius 1 is 0.436 bits per heavy atom. The molecule has 0 aliphatic rings. The summed E-state index contributed by atoms with van der Waals surface area (Å²) in [5, 5.41) is 9.53. The zero-order valence-electron chi connectivity index (χ0n) is 31.2. The van der Waals surface area contributed by atoms with E-state index in [2.05, 4.69) is 80.0 Å². The molecule has 0 unspecified atom stereocenters. The van der Waals surface area contributed by atoms with Crippen LogP contribution in [0.15, 0.2) is 175 Å². The maximum Gasteiger partial charge on any atom is 0.131 e. The van der Waals surface area contributed by atoms with E-state index in [4.69, 9.17) is 4.74 Å². The highest BCUT2D eigenvalue weighted by Crippen LogP contribution is 2.33. The van der Waals surface area contributed by atoms with E-state index in [0.717, 1.165) is 66.6 Å². The van der Waals surface area contributed by atoms with Gasteiger partial charge in [0, 0.05) is 51.5 Å². The first-order chi connectivity index (χ1) is 26.7. The van der Waals surface area contributed by atoms with Gasteiger partial charge in [-0.15, -0.1) is 0 Å². The lowest BCUT2D eigenvalue weighted by atomic mass is 10.0. The molecule has 4 heterocycles. The van der Waals surface area contributed by atoms with Crippen molar-refractivity contribution in [3.8, 4) is 62.3 Å². The van der Waals surface area contributed by atoms with Crippen molar-refractivity contribution in [3.05, 3.63) is 197 Å². The molecule has 4 aromatic heterocycles. The molecule has 0 saturated heterocycles. The Labute approximate surface area is 331 Å². The van der Waals surface area contributed by atoms with Crippen LogP contribution in [0.3, 0.4) is 0 Å². The van der Waals surface area contributed by atoms with Gasteiger partial charge in [0.15, 0.2) is 0 Å². The Kier molecular flexibility index (Phi) is 12.9. The zero-order chi connectivity index (χ0) is 38.6. The van der Waals surface area contributed by atoms with E-state index in [0.29, 0.717) is 5.75 Å². The first-order valence-corrected chi connectivity index (χ1v) is 18.6. The Hall–Kier alpha value is -6.44. The molecule has 0 radical (unpaired) electrons. The first-order valence-electron chi connectivity index (χ1n) is 17.9. The summed E-state index contributed by atoms with van der Waals surface area (Å²) in [6.07, 6.45) is 7.17. The monoisotopic (exact) mass is 784 g/mol. The molecule has 6 nitrogen and oxygen atoms in total. The number of hydrogen-bond donors (Lipinski definition) is 1. The molecule has 0 spiro atoms. The Bertz CT molecular complexity index is 2460. The quantitative estimate of drug-likeness (QED) is 0.181. The van der Waals surface area contributed by atoms with E-state index in [1.807, 2.05) is 135 Å². The lowest BCUT2D eigenvalue weighted by Crippen LogP contribution is -1.92. The van der Waals surface area contributed by atoms with Gasteiger partial charge in [0.1, 0.15) is 17.2 Å². The lowest BCUT2D eigenvalue weighted by molar-refractivity contribution is 0.471. The van der Waals surface area contributed by atoms with Crippen LogP contribution in [0.2, 0.25) is 0 Å². The number of hydrogen-bond acceptors (Lipinski definition) is 6. The van der Waals surface area contributed by atoms with Crippen LogP contribution in [0, 0.1) is 27.7 Å². The largest absolute Gasteiger partial charge is 0.508 e. The van der Waals surface area contributed by atoms with E-state index >= 15 is 0 Å². The summed E-state index contributed by atoms with van der Waals surface area (Å²) in [5.74, 6) is 1.93. The highest BCUT2D eigenvalue weighted by Gasteiger charge is 2.10. The number of rotatable bonds is 6. The third-order valence-electron chi connectivity index (χ3n) is 8.84. The summed E-state index contributed by atoms with van der Waals surface area (Å²) >= 11 is 3.47. The molecule has 272 valence electrons. The number of aromatic nitrogens is 4. The molecule has 0 amide bonds. The van der Waals surface area contributed by atoms with Gasteiger partial charge >= 0.3 is 0 Å². The number of nitrogens with zero attached hydrogens (tertiary/aromatic N) is 4. The second-order valence-corrected chi connectivity index (χ2v) is 13.8. The van der Waals surface area contributed by atoms with Crippen molar-refractivity contribution in [2.24, 2.45) is 0 Å². The van der Waals surface area contributed by atoms with Gasteiger partial charge in [-0.2, -0.15) is 0 Å². The second-order valence-electron chi connectivity index (χ2n) is 12.9. The van der Waals surface area contributed by atoms with Crippen molar-refractivity contribution in [2.75, 3.05) is 0 Å². The second kappa shape index (κ2) is 18.5. The minimum Gasteiger partial charge on any atom is -0.508 e. The molecule has 0 bridgehead atoms. The maximum atomic E-state index is 9.53. The molecule has 1 N–H and O–H groups in total. The highest BCUT2D eigenvalue weighted by atomic mass is 79.9. The minimum absolute atomic E-state index is 0.313. The van der Waals surface area contributed by atoms with Gasteiger partial charge < -0.3 is 9.84 Å². The third kappa shape index (κ3) is 10.4. The minimum atomic E-state index is 0.313. The zero-order valence-corrected chi connectivity index (χ0v) is 32.8. The van der Waals surface area contributed by atoms with Crippen LogP contribution in [0.4, 0.5) is 0 Å². The summed E-state index contributed by atoms with van der Waals surface area (Å²) in [6.45, 7) is 8.10. The van der Waals surface area contributed by atoms with Crippen LogP contribution in [0.5, 0.6) is 17.2 Å². The normalized spacial score (nSPS) is 10.3. The van der Waals surface area contributed by atoms with E-state index in [-0.39, 0.29) is 0 Å². The molecule has 0 saturated carbocycles. The van der Waals surface area contributed by atoms with Gasteiger partial charge in [-0.25, -0.2) is 0 Å². The molecule has 55 heavy (non-hydrogen) atoms. The fourth-order valence-electron chi connectivity index (χ4n) is 5.69.